The summed E-state index contributed by atoms with van der Waals surface area (Å²) in [4.78, 5) is 24.1. The molecule has 0 spiro atoms. The summed E-state index contributed by atoms with van der Waals surface area (Å²) in [5.74, 6) is -0.807. The number of nitrogens with zero attached hydrogens (tertiary/aromatic N) is 1. The van der Waals surface area contributed by atoms with Crippen LogP contribution in [0.3, 0.4) is 0 Å². The summed E-state index contributed by atoms with van der Waals surface area (Å²) in [6, 6.07) is 9.94. The van der Waals surface area contributed by atoms with Gasteiger partial charge < -0.3 is 23.4 Å². The van der Waals surface area contributed by atoms with Gasteiger partial charge in [-0.25, -0.2) is 0 Å². The van der Waals surface area contributed by atoms with Crippen LogP contribution in [0.25, 0.3) is 0 Å². The Morgan fingerprint density at radius 1 is 0.721 bits per heavy atom. The number of quaternary nitrogens is 1. The van der Waals surface area contributed by atoms with Gasteiger partial charge in [0.15, 0.2) is 6.10 Å². The van der Waals surface area contributed by atoms with E-state index in [-0.39, 0.29) is 19.1 Å². The highest BCUT2D eigenvalue weighted by atomic mass is 16.6. The number of esters is 2. The molecule has 0 N–H and O–H groups in total. The summed E-state index contributed by atoms with van der Waals surface area (Å²) in [5.41, 5.74) is 1.05. The van der Waals surface area contributed by atoms with Crippen LogP contribution in [0.1, 0.15) is 122 Å². The molecule has 0 aromatic heterocycles. The lowest BCUT2D eigenvalue weighted by Crippen LogP contribution is -2.44. The Labute approximate surface area is 263 Å². The standard InChI is InChI=1S/C36H64NO6/c1-6-7-8-9-10-11-12-13-14-15-16-17-18-19-23-26-40-30-35(41-29-33-24-21-20-22-25-33)31-42-36(39)27-34(43-32(2)38)28-37(3,4)5/h20-22,24-25,34-35H,6-19,23,26-31H2,1-5H3/q+1. The Balaban J connectivity index is 2.26. The smallest absolute Gasteiger partial charge is 0.309 e. The monoisotopic (exact) mass is 606 g/mol. The second kappa shape index (κ2) is 25.4. The number of carbonyl (C=O) groups is 2. The number of likely N-dealkylation sites (N-methyl/N-ethyl adjacent to an activating group) is 1. The zero-order valence-electron chi connectivity index (χ0n) is 28.3. The Kier molecular flexibility index (Phi) is 23.1. The van der Waals surface area contributed by atoms with Crippen molar-refractivity contribution >= 4 is 11.9 Å². The van der Waals surface area contributed by atoms with E-state index < -0.39 is 18.0 Å². The summed E-state index contributed by atoms with van der Waals surface area (Å²) in [6.45, 7) is 5.71. The van der Waals surface area contributed by atoms with Gasteiger partial charge in [-0.15, -0.1) is 0 Å². The molecule has 2 atom stereocenters. The molecule has 0 fully saturated rings. The minimum atomic E-state index is -0.532. The third-order valence-corrected chi connectivity index (χ3v) is 7.43. The van der Waals surface area contributed by atoms with Crippen molar-refractivity contribution in [2.24, 2.45) is 0 Å². The molecule has 0 aliphatic heterocycles. The Bertz CT molecular complexity index is 810. The molecule has 2 unspecified atom stereocenters. The van der Waals surface area contributed by atoms with E-state index in [9.17, 15) is 9.59 Å². The number of hydrogen-bond donors (Lipinski definition) is 0. The number of benzene rings is 1. The maximum Gasteiger partial charge on any atom is 0.309 e. The second-order valence-electron chi connectivity index (χ2n) is 13.0. The van der Waals surface area contributed by atoms with Gasteiger partial charge in [-0.3, -0.25) is 9.59 Å². The maximum atomic E-state index is 12.6. The molecule has 0 heterocycles. The molecule has 7 nitrogen and oxygen atoms in total. The molecule has 0 aliphatic carbocycles. The van der Waals surface area contributed by atoms with E-state index in [0.717, 1.165) is 12.0 Å². The van der Waals surface area contributed by atoms with Crippen LogP contribution < -0.4 is 0 Å². The average Bonchev–Trinajstić information content (AvgIpc) is 2.95. The number of hydrogen-bond acceptors (Lipinski definition) is 6. The zero-order chi connectivity index (χ0) is 31.6. The van der Waals surface area contributed by atoms with Gasteiger partial charge in [-0.05, 0) is 12.0 Å². The van der Waals surface area contributed by atoms with Crippen LogP contribution in [0.15, 0.2) is 30.3 Å². The highest BCUT2D eigenvalue weighted by Crippen LogP contribution is 2.14. The minimum Gasteiger partial charge on any atom is -0.463 e. The van der Waals surface area contributed by atoms with Gasteiger partial charge in [-0.1, -0.05) is 127 Å². The van der Waals surface area contributed by atoms with Gasteiger partial charge in [0, 0.05) is 13.5 Å². The maximum absolute atomic E-state index is 12.6. The van der Waals surface area contributed by atoms with Gasteiger partial charge in [0.05, 0.1) is 40.8 Å². The van der Waals surface area contributed by atoms with Crippen LogP contribution in [0, 0.1) is 0 Å². The van der Waals surface area contributed by atoms with Crippen LogP contribution in [0.2, 0.25) is 0 Å². The third-order valence-electron chi connectivity index (χ3n) is 7.43. The molecular weight excluding hydrogens is 542 g/mol. The molecule has 0 amide bonds. The third kappa shape index (κ3) is 25.1. The molecule has 0 saturated carbocycles. The summed E-state index contributed by atoms with van der Waals surface area (Å²) in [6.07, 6.45) is 19.1. The summed E-state index contributed by atoms with van der Waals surface area (Å²) in [7, 11) is 5.97. The van der Waals surface area contributed by atoms with Crippen molar-refractivity contribution in [2.75, 3.05) is 47.5 Å². The summed E-state index contributed by atoms with van der Waals surface area (Å²) in [5, 5.41) is 0. The largest absolute Gasteiger partial charge is 0.463 e. The number of rotatable bonds is 28. The lowest BCUT2D eigenvalue weighted by Gasteiger charge is -2.28. The molecule has 248 valence electrons. The fourth-order valence-corrected chi connectivity index (χ4v) is 5.14. The Morgan fingerprint density at radius 2 is 1.26 bits per heavy atom. The fraction of sp³-hybridized carbons (Fsp3) is 0.778. The molecule has 1 aromatic carbocycles. The molecule has 0 radical (unpaired) electrons. The normalized spacial score (nSPS) is 13.0. The average molecular weight is 607 g/mol. The van der Waals surface area contributed by atoms with E-state index in [2.05, 4.69) is 6.92 Å². The number of ether oxygens (including phenoxy) is 4. The topological polar surface area (TPSA) is 71.1 Å². The van der Waals surface area contributed by atoms with E-state index in [1.807, 2.05) is 51.5 Å². The van der Waals surface area contributed by atoms with E-state index in [4.69, 9.17) is 18.9 Å². The number of carbonyl (C=O) groups excluding carboxylic acids is 2. The highest BCUT2D eigenvalue weighted by Gasteiger charge is 2.25. The fourth-order valence-electron chi connectivity index (χ4n) is 5.14. The van der Waals surface area contributed by atoms with E-state index in [1.54, 1.807) is 0 Å². The molecule has 1 aromatic rings. The predicted molar refractivity (Wildman–Crippen MR) is 175 cm³/mol. The molecule has 1 rings (SSSR count). The van der Waals surface area contributed by atoms with Crippen molar-refractivity contribution in [3.05, 3.63) is 35.9 Å². The SMILES string of the molecule is CCCCCCCCCCCCCCCCCOCC(COC(=O)CC(C[N+](C)(C)C)OC(C)=O)OCc1ccccc1. The van der Waals surface area contributed by atoms with Gasteiger partial charge in [0.1, 0.15) is 19.3 Å². The summed E-state index contributed by atoms with van der Waals surface area (Å²) < 4.78 is 23.5. The quantitative estimate of drug-likeness (QED) is 0.0546. The molecule has 7 heteroatoms. The van der Waals surface area contributed by atoms with Crippen molar-refractivity contribution < 1.29 is 33.0 Å². The number of unbranched alkanes of at least 4 members (excludes halogenated alkanes) is 14. The Morgan fingerprint density at radius 3 is 1.77 bits per heavy atom. The van der Waals surface area contributed by atoms with Crippen LogP contribution >= 0.6 is 0 Å². The van der Waals surface area contributed by atoms with Crippen molar-refractivity contribution in [2.45, 2.75) is 135 Å². The second-order valence-corrected chi connectivity index (χ2v) is 13.0. The van der Waals surface area contributed by atoms with Gasteiger partial charge in [0.2, 0.25) is 0 Å². The zero-order valence-corrected chi connectivity index (χ0v) is 28.3. The van der Waals surface area contributed by atoms with Gasteiger partial charge in [0.25, 0.3) is 0 Å². The first-order chi connectivity index (χ1) is 20.7. The van der Waals surface area contributed by atoms with Crippen molar-refractivity contribution in [3.8, 4) is 0 Å². The van der Waals surface area contributed by atoms with Crippen molar-refractivity contribution in [3.63, 3.8) is 0 Å². The Hall–Kier alpha value is -1.96. The summed E-state index contributed by atoms with van der Waals surface area (Å²) >= 11 is 0. The lowest BCUT2D eigenvalue weighted by atomic mass is 10.0. The molecule has 0 saturated heterocycles. The van der Waals surface area contributed by atoms with E-state index >= 15 is 0 Å². The van der Waals surface area contributed by atoms with Crippen LogP contribution in [-0.4, -0.2) is 76.1 Å². The van der Waals surface area contributed by atoms with Gasteiger partial charge in [-0.2, -0.15) is 0 Å². The predicted octanol–water partition coefficient (Wildman–Crippen LogP) is 8.03. The molecular formula is C36H64NO6+. The van der Waals surface area contributed by atoms with Gasteiger partial charge >= 0.3 is 11.9 Å². The van der Waals surface area contributed by atoms with Crippen molar-refractivity contribution in [1.82, 2.24) is 0 Å². The van der Waals surface area contributed by atoms with E-state index in [1.165, 1.54) is 96.8 Å². The first-order valence-electron chi connectivity index (χ1n) is 17.1. The first-order valence-corrected chi connectivity index (χ1v) is 17.1. The molecule has 43 heavy (non-hydrogen) atoms. The van der Waals surface area contributed by atoms with E-state index in [0.29, 0.717) is 30.8 Å². The lowest BCUT2D eigenvalue weighted by molar-refractivity contribution is -0.873. The highest BCUT2D eigenvalue weighted by molar-refractivity contribution is 5.71. The molecule has 0 aliphatic rings. The molecule has 0 bridgehead atoms. The van der Waals surface area contributed by atoms with Crippen molar-refractivity contribution in [1.29, 1.82) is 0 Å². The first kappa shape index (κ1) is 39.1. The van der Waals surface area contributed by atoms with Crippen LogP contribution in [0.5, 0.6) is 0 Å². The van der Waals surface area contributed by atoms with Crippen LogP contribution in [0.4, 0.5) is 0 Å². The van der Waals surface area contributed by atoms with Crippen LogP contribution in [-0.2, 0) is 35.1 Å². The minimum absolute atomic E-state index is 0.0144.